The Morgan fingerprint density at radius 1 is 1.10 bits per heavy atom. The number of benzene rings is 1. The molecule has 164 valence electrons. The van der Waals surface area contributed by atoms with Crippen molar-refractivity contribution in [3.63, 3.8) is 0 Å². The normalized spacial score (nSPS) is 23.7. The fraction of sp³-hybridized carbons (Fsp3) is 0.500. The summed E-state index contributed by atoms with van der Waals surface area (Å²) in [7, 11) is 0. The van der Waals surface area contributed by atoms with Gasteiger partial charge < -0.3 is 15.5 Å². The first-order valence-corrected chi connectivity index (χ1v) is 11.3. The zero-order valence-electron chi connectivity index (χ0n) is 17.6. The van der Waals surface area contributed by atoms with Gasteiger partial charge in [-0.15, -0.1) is 0 Å². The summed E-state index contributed by atoms with van der Waals surface area (Å²) in [5.74, 6) is -1.44. The van der Waals surface area contributed by atoms with Gasteiger partial charge in [-0.05, 0) is 56.3 Å². The van der Waals surface area contributed by atoms with E-state index < -0.39 is 11.6 Å². The number of amides is 1. The third-order valence-corrected chi connectivity index (χ3v) is 7.03. The molecule has 1 atom stereocenters. The molecule has 2 aromatic rings. The number of rotatable bonds is 4. The van der Waals surface area contributed by atoms with Crippen LogP contribution >= 0.6 is 0 Å². The summed E-state index contributed by atoms with van der Waals surface area (Å²) in [5, 5.41) is 6.79. The molecule has 1 saturated carbocycles. The van der Waals surface area contributed by atoms with Crippen molar-refractivity contribution >= 4 is 11.6 Å². The van der Waals surface area contributed by atoms with Crippen LogP contribution in [-0.2, 0) is 0 Å². The minimum absolute atomic E-state index is 0.0485. The first-order valence-electron chi connectivity index (χ1n) is 11.3. The molecule has 1 aromatic heterocycles. The largest absolute Gasteiger partial charge is 0.368 e. The van der Waals surface area contributed by atoms with Gasteiger partial charge in [0.25, 0.3) is 5.91 Å². The van der Waals surface area contributed by atoms with E-state index in [-0.39, 0.29) is 17.5 Å². The quantitative estimate of drug-likeness (QED) is 0.775. The van der Waals surface area contributed by atoms with Crippen molar-refractivity contribution in [3.05, 3.63) is 47.8 Å². The maximum Gasteiger partial charge on any atom is 0.255 e. The number of carbonyl (C=O) groups is 1. The predicted molar refractivity (Wildman–Crippen MR) is 116 cm³/mol. The van der Waals surface area contributed by atoms with Gasteiger partial charge in [0, 0.05) is 48.7 Å². The molecule has 3 fully saturated rings. The molecule has 5 nitrogen and oxygen atoms in total. The third kappa shape index (κ3) is 4.03. The number of carbonyl (C=O) groups excluding carboxylic acids is 1. The highest BCUT2D eigenvalue weighted by Gasteiger charge is 2.41. The van der Waals surface area contributed by atoms with Gasteiger partial charge in [-0.1, -0.05) is 12.8 Å². The number of aromatic nitrogens is 1. The lowest BCUT2D eigenvalue weighted by Crippen LogP contribution is -2.42. The summed E-state index contributed by atoms with van der Waals surface area (Å²) < 4.78 is 28.1. The molecular formula is C24H28F2N4O. The zero-order valence-corrected chi connectivity index (χ0v) is 17.6. The fourth-order valence-electron chi connectivity index (χ4n) is 5.49. The molecule has 1 spiro atoms. The lowest BCUT2D eigenvalue weighted by Gasteiger charge is -2.28. The summed E-state index contributed by atoms with van der Waals surface area (Å²) in [4.78, 5) is 19.8. The van der Waals surface area contributed by atoms with Gasteiger partial charge in [-0.2, -0.15) is 0 Å². The highest BCUT2D eigenvalue weighted by Crippen LogP contribution is 2.40. The Hall–Kier alpha value is -2.54. The van der Waals surface area contributed by atoms with E-state index in [1.807, 2.05) is 0 Å². The maximum absolute atomic E-state index is 14.0. The van der Waals surface area contributed by atoms with Crippen LogP contribution in [0.2, 0.25) is 0 Å². The summed E-state index contributed by atoms with van der Waals surface area (Å²) in [6, 6.07) is 3.65. The predicted octanol–water partition coefficient (Wildman–Crippen LogP) is 4.03. The van der Waals surface area contributed by atoms with E-state index in [0.29, 0.717) is 16.7 Å². The van der Waals surface area contributed by atoms with Crippen LogP contribution in [0.5, 0.6) is 0 Å². The lowest BCUT2D eigenvalue weighted by molar-refractivity contribution is 0.0938. The second-order valence-electron chi connectivity index (χ2n) is 9.18. The van der Waals surface area contributed by atoms with E-state index in [0.717, 1.165) is 76.3 Å². The standard InChI is InChI=1S/C24H28F2N4O/c25-17-10-16(11-18(26)12-17)20-13-27-14-21(23(31)29-19-4-1-2-5-19)22(20)30-9-7-24(15-30)6-3-8-28-24/h10-14,19,28H,1-9,15H2,(H,29,31). The molecule has 1 amide bonds. The Bertz CT molecular complexity index is 963. The summed E-state index contributed by atoms with van der Waals surface area (Å²) in [6.45, 7) is 2.55. The molecule has 3 heterocycles. The zero-order chi connectivity index (χ0) is 21.4. The number of pyridine rings is 1. The third-order valence-electron chi connectivity index (χ3n) is 7.03. The van der Waals surface area contributed by atoms with Crippen molar-refractivity contribution < 1.29 is 13.6 Å². The van der Waals surface area contributed by atoms with Crippen LogP contribution in [0.1, 0.15) is 55.3 Å². The van der Waals surface area contributed by atoms with Crippen LogP contribution in [0.15, 0.2) is 30.6 Å². The molecule has 0 bridgehead atoms. The van der Waals surface area contributed by atoms with Gasteiger partial charge in [-0.25, -0.2) is 8.78 Å². The molecule has 2 aliphatic heterocycles. The molecular weight excluding hydrogens is 398 g/mol. The molecule has 2 N–H and O–H groups in total. The minimum atomic E-state index is -0.642. The molecule has 0 radical (unpaired) electrons. The van der Waals surface area contributed by atoms with Crippen molar-refractivity contribution in [3.8, 4) is 11.1 Å². The van der Waals surface area contributed by atoms with Crippen molar-refractivity contribution in [1.82, 2.24) is 15.6 Å². The van der Waals surface area contributed by atoms with Gasteiger partial charge in [0.2, 0.25) is 0 Å². The van der Waals surface area contributed by atoms with E-state index >= 15 is 0 Å². The van der Waals surface area contributed by atoms with Crippen LogP contribution in [0.25, 0.3) is 11.1 Å². The number of nitrogens with one attached hydrogen (secondary N) is 2. The fourth-order valence-corrected chi connectivity index (χ4v) is 5.49. The average Bonchev–Trinajstić information content (AvgIpc) is 3.51. The first kappa shape index (κ1) is 20.4. The Morgan fingerprint density at radius 3 is 2.58 bits per heavy atom. The molecule has 7 heteroatoms. The van der Waals surface area contributed by atoms with Crippen LogP contribution in [-0.4, -0.2) is 42.1 Å². The second-order valence-corrected chi connectivity index (χ2v) is 9.18. The molecule has 2 saturated heterocycles. The van der Waals surface area contributed by atoms with Crippen LogP contribution in [0, 0.1) is 11.6 Å². The Balaban J connectivity index is 1.56. The molecule has 1 aromatic carbocycles. The Labute approximate surface area is 181 Å². The summed E-state index contributed by atoms with van der Waals surface area (Å²) in [5.41, 5.74) is 2.24. The number of hydrogen-bond donors (Lipinski definition) is 2. The number of nitrogens with zero attached hydrogens (tertiary/aromatic N) is 2. The highest BCUT2D eigenvalue weighted by atomic mass is 19.1. The summed E-state index contributed by atoms with van der Waals surface area (Å²) in [6.07, 6.45) is 10.6. The molecule has 3 aliphatic rings. The number of anilines is 1. The molecule has 1 aliphatic carbocycles. The van der Waals surface area contributed by atoms with Crippen LogP contribution in [0.4, 0.5) is 14.5 Å². The van der Waals surface area contributed by atoms with Crippen LogP contribution in [0.3, 0.4) is 0 Å². The van der Waals surface area contributed by atoms with Crippen molar-refractivity contribution in [1.29, 1.82) is 0 Å². The van der Waals surface area contributed by atoms with Crippen molar-refractivity contribution in [2.75, 3.05) is 24.5 Å². The Morgan fingerprint density at radius 2 is 1.87 bits per heavy atom. The van der Waals surface area contributed by atoms with Gasteiger partial charge in [0.05, 0.1) is 11.3 Å². The van der Waals surface area contributed by atoms with Crippen LogP contribution < -0.4 is 15.5 Å². The molecule has 31 heavy (non-hydrogen) atoms. The van der Waals surface area contributed by atoms with E-state index in [4.69, 9.17) is 0 Å². The minimum Gasteiger partial charge on any atom is -0.368 e. The van der Waals surface area contributed by atoms with Gasteiger partial charge in [-0.3, -0.25) is 9.78 Å². The number of hydrogen-bond acceptors (Lipinski definition) is 4. The van der Waals surface area contributed by atoms with E-state index in [1.54, 1.807) is 12.4 Å². The van der Waals surface area contributed by atoms with Crippen molar-refractivity contribution in [2.45, 2.75) is 56.5 Å². The number of halogens is 2. The summed E-state index contributed by atoms with van der Waals surface area (Å²) >= 11 is 0. The molecule has 5 rings (SSSR count). The van der Waals surface area contributed by atoms with Gasteiger partial charge >= 0.3 is 0 Å². The maximum atomic E-state index is 14.0. The van der Waals surface area contributed by atoms with Gasteiger partial charge in [0.15, 0.2) is 0 Å². The Kier molecular flexibility index (Phi) is 5.38. The SMILES string of the molecule is O=C(NC1CCCC1)c1cncc(-c2cc(F)cc(F)c2)c1N1CCC2(CCCN2)C1. The smallest absolute Gasteiger partial charge is 0.255 e. The second kappa shape index (κ2) is 8.19. The van der Waals surface area contributed by atoms with E-state index in [1.165, 1.54) is 12.1 Å². The highest BCUT2D eigenvalue weighted by molar-refractivity contribution is 6.03. The van der Waals surface area contributed by atoms with Crippen molar-refractivity contribution in [2.24, 2.45) is 0 Å². The average molecular weight is 427 g/mol. The van der Waals surface area contributed by atoms with E-state index in [9.17, 15) is 13.6 Å². The topological polar surface area (TPSA) is 57.3 Å². The van der Waals surface area contributed by atoms with Gasteiger partial charge in [0.1, 0.15) is 11.6 Å². The van der Waals surface area contributed by atoms with E-state index in [2.05, 4.69) is 20.5 Å². The lowest BCUT2D eigenvalue weighted by atomic mass is 9.96. The molecule has 1 unspecified atom stereocenters. The monoisotopic (exact) mass is 426 g/mol. The first-order chi connectivity index (χ1) is 15.0.